The van der Waals surface area contributed by atoms with Gasteiger partial charge in [0.1, 0.15) is 10.8 Å². The van der Waals surface area contributed by atoms with E-state index in [1.54, 1.807) is 24.7 Å². The number of benzene rings is 2. The molecule has 25 heavy (non-hydrogen) atoms. The van der Waals surface area contributed by atoms with Crippen molar-refractivity contribution in [2.45, 2.75) is 16.8 Å². The fraction of sp³-hybridized carbons (Fsp3) is 0.111. The summed E-state index contributed by atoms with van der Waals surface area (Å²) in [5.74, 6) is -0.644. The van der Waals surface area contributed by atoms with Gasteiger partial charge in [0.05, 0.1) is 11.3 Å². The third-order valence-electron chi connectivity index (χ3n) is 3.51. The van der Waals surface area contributed by atoms with Crippen LogP contribution >= 0.6 is 23.4 Å². The number of amides is 1. The number of hydrogen-bond acceptors (Lipinski definition) is 3. The SMILES string of the molecule is Cc1nn(C)c(Sc2cccc(Cl)c2)c1C(=O)Nc1ccc(F)cc1. The maximum Gasteiger partial charge on any atom is 0.260 e. The van der Waals surface area contributed by atoms with Crippen molar-refractivity contribution in [2.75, 3.05) is 5.32 Å². The van der Waals surface area contributed by atoms with Gasteiger partial charge in [0.15, 0.2) is 0 Å². The molecule has 0 aliphatic carbocycles. The van der Waals surface area contributed by atoms with E-state index in [1.165, 1.54) is 36.0 Å². The predicted octanol–water partition coefficient (Wildman–Crippen LogP) is 4.92. The number of nitrogens with one attached hydrogen (secondary N) is 1. The largest absolute Gasteiger partial charge is 0.322 e. The van der Waals surface area contributed by atoms with Crippen LogP contribution in [-0.2, 0) is 7.05 Å². The second-order valence-electron chi connectivity index (χ2n) is 5.41. The van der Waals surface area contributed by atoms with Gasteiger partial charge in [-0.05, 0) is 49.4 Å². The Balaban J connectivity index is 1.90. The summed E-state index contributed by atoms with van der Waals surface area (Å²) in [6.45, 7) is 1.78. The van der Waals surface area contributed by atoms with E-state index in [1.807, 2.05) is 18.2 Å². The molecule has 4 nitrogen and oxygen atoms in total. The number of carbonyl (C=O) groups excluding carboxylic acids is 1. The summed E-state index contributed by atoms with van der Waals surface area (Å²) < 4.78 is 14.7. The van der Waals surface area contributed by atoms with Crippen molar-refractivity contribution in [3.8, 4) is 0 Å². The normalized spacial score (nSPS) is 10.7. The quantitative estimate of drug-likeness (QED) is 0.703. The van der Waals surface area contributed by atoms with Gasteiger partial charge in [-0.2, -0.15) is 5.10 Å². The molecule has 1 heterocycles. The molecule has 0 bridgehead atoms. The minimum Gasteiger partial charge on any atom is -0.322 e. The fourth-order valence-corrected chi connectivity index (χ4v) is 3.71. The van der Waals surface area contributed by atoms with E-state index >= 15 is 0 Å². The third-order valence-corrected chi connectivity index (χ3v) is 4.90. The highest BCUT2D eigenvalue weighted by Crippen LogP contribution is 2.33. The van der Waals surface area contributed by atoms with Crippen molar-refractivity contribution < 1.29 is 9.18 Å². The lowest BCUT2D eigenvalue weighted by Gasteiger charge is -2.08. The van der Waals surface area contributed by atoms with Crippen LogP contribution in [0.4, 0.5) is 10.1 Å². The first kappa shape index (κ1) is 17.5. The van der Waals surface area contributed by atoms with Gasteiger partial charge in [-0.25, -0.2) is 4.39 Å². The van der Waals surface area contributed by atoms with Gasteiger partial charge in [-0.1, -0.05) is 29.4 Å². The molecule has 0 radical (unpaired) electrons. The molecule has 128 valence electrons. The maximum atomic E-state index is 13.0. The molecule has 0 aliphatic heterocycles. The highest BCUT2D eigenvalue weighted by Gasteiger charge is 2.21. The van der Waals surface area contributed by atoms with Crippen LogP contribution in [0, 0.1) is 12.7 Å². The first-order valence-electron chi connectivity index (χ1n) is 7.48. The summed E-state index contributed by atoms with van der Waals surface area (Å²) in [5, 5.41) is 8.46. The topological polar surface area (TPSA) is 46.9 Å². The lowest BCUT2D eigenvalue weighted by Crippen LogP contribution is -2.13. The Hall–Kier alpha value is -2.31. The molecule has 1 aromatic heterocycles. The highest BCUT2D eigenvalue weighted by molar-refractivity contribution is 7.99. The summed E-state index contributed by atoms with van der Waals surface area (Å²) in [4.78, 5) is 13.6. The number of rotatable bonds is 4. The molecule has 1 amide bonds. The molecule has 0 atom stereocenters. The summed E-state index contributed by atoms with van der Waals surface area (Å²) in [6.07, 6.45) is 0. The van der Waals surface area contributed by atoms with Crippen LogP contribution in [0.5, 0.6) is 0 Å². The summed E-state index contributed by atoms with van der Waals surface area (Å²) >= 11 is 7.45. The molecule has 2 aromatic carbocycles. The van der Waals surface area contributed by atoms with Crippen molar-refractivity contribution >= 4 is 35.0 Å². The van der Waals surface area contributed by atoms with Crippen molar-refractivity contribution in [3.05, 3.63) is 70.6 Å². The van der Waals surface area contributed by atoms with E-state index in [0.29, 0.717) is 27.0 Å². The van der Waals surface area contributed by atoms with Crippen LogP contribution in [0.25, 0.3) is 0 Å². The molecular formula is C18H15ClFN3OS. The number of nitrogens with zero attached hydrogens (tertiary/aromatic N) is 2. The van der Waals surface area contributed by atoms with E-state index in [9.17, 15) is 9.18 Å². The molecule has 0 saturated carbocycles. The number of halogens is 2. The molecule has 0 spiro atoms. The number of anilines is 1. The zero-order valence-electron chi connectivity index (χ0n) is 13.6. The average molecular weight is 376 g/mol. The first-order valence-corrected chi connectivity index (χ1v) is 8.67. The van der Waals surface area contributed by atoms with Gasteiger partial charge in [-0.3, -0.25) is 9.48 Å². The number of hydrogen-bond donors (Lipinski definition) is 1. The Morgan fingerprint density at radius 3 is 2.64 bits per heavy atom. The smallest absolute Gasteiger partial charge is 0.260 e. The van der Waals surface area contributed by atoms with Crippen molar-refractivity contribution in [1.82, 2.24) is 9.78 Å². The standard InChI is InChI=1S/C18H15ClFN3OS/c1-11-16(17(24)21-14-8-6-13(20)7-9-14)18(23(2)22-11)25-15-5-3-4-12(19)10-15/h3-10H,1-2H3,(H,21,24). The van der Waals surface area contributed by atoms with Crippen LogP contribution < -0.4 is 5.32 Å². The van der Waals surface area contributed by atoms with Crippen molar-refractivity contribution in [2.24, 2.45) is 7.05 Å². The van der Waals surface area contributed by atoms with E-state index in [2.05, 4.69) is 10.4 Å². The summed E-state index contributed by atoms with van der Waals surface area (Å²) in [6, 6.07) is 13.0. The third kappa shape index (κ3) is 4.03. The van der Waals surface area contributed by atoms with E-state index in [0.717, 1.165) is 4.90 Å². The summed E-state index contributed by atoms with van der Waals surface area (Å²) in [7, 11) is 1.79. The maximum absolute atomic E-state index is 13.0. The fourth-order valence-electron chi connectivity index (χ4n) is 2.38. The van der Waals surface area contributed by atoms with Crippen molar-refractivity contribution in [3.63, 3.8) is 0 Å². The van der Waals surface area contributed by atoms with Gasteiger partial charge in [0, 0.05) is 22.7 Å². The van der Waals surface area contributed by atoms with Crippen molar-refractivity contribution in [1.29, 1.82) is 0 Å². The Bertz CT molecular complexity index is 925. The summed E-state index contributed by atoms with van der Waals surface area (Å²) in [5.41, 5.74) is 1.62. The van der Waals surface area contributed by atoms with Gasteiger partial charge in [0.25, 0.3) is 5.91 Å². The molecule has 7 heteroatoms. The van der Waals surface area contributed by atoms with Crippen LogP contribution in [0.3, 0.4) is 0 Å². The minimum atomic E-state index is -0.354. The molecule has 1 N–H and O–H groups in total. The molecule has 0 saturated heterocycles. The predicted molar refractivity (Wildman–Crippen MR) is 97.9 cm³/mol. The Kier molecular flexibility index (Phi) is 5.11. The van der Waals surface area contributed by atoms with Gasteiger partial charge >= 0.3 is 0 Å². The van der Waals surface area contributed by atoms with Crippen LogP contribution in [0.15, 0.2) is 58.5 Å². The molecule has 3 rings (SSSR count). The van der Waals surface area contributed by atoms with Gasteiger partial charge in [-0.15, -0.1) is 0 Å². The van der Waals surface area contributed by atoms with E-state index in [4.69, 9.17) is 11.6 Å². The monoisotopic (exact) mass is 375 g/mol. The number of aromatic nitrogens is 2. The van der Waals surface area contributed by atoms with Crippen LogP contribution in [-0.4, -0.2) is 15.7 Å². The highest BCUT2D eigenvalue weighted by atomic mass is 35.5. The zero-order chi connectivity index (χ0) is 18.0. The minimum absolute atomic E-state index is 0.290. The Morgan fingerprint density at radius 2 is 1.96 bits per heavy atom. The molecular weight excluding hydrogens is 361 g/mol. The van der Waals surface area contributed by atoms with E-state index < -0.39 is 0 Å². The Labute approximate surface area is 154 Å². The molecule has 3 aromatic rings. The van der Waals surface area contributed by atoms with Gasteiger partial charge in [0.2, 0.25) is 0 Å². The van der Waals surface area contributed by atoms with E-state index in [-0.39, 0.29) is 11.7 Å². The average Bonchev–Trinajstić information content (AvgIpc) is 2.83. The molecule has 0 unspecified atom stereocenters. The second-order valence-corrected chi connectivity index (χ2v) is 6.91. The van der Waals surface area contributed by atoms with Gasteiger partial charge < -0.3 is 5.32 Å². The molecule has 0 fully saturated rings. The van der Waals surface area contributed by atoms with Crippen LogP contribution in [0.2, 0.25) is 5.02 Å². The van der Waals surface area contributed by atoms with Crippen LogP contribution in [0.1, 0.15) is 16.1 Å². The number of carbonyl (C=O) groups is 1. The number of aryl methyl sites for hydroxylation is 2. The lowest BCUT2D eigenvalue weighted by atomic mass is 10.2. The Morgan fingerprint density at radius 1 is 1.24 bits per heavy atom. The second kappa shape index (κ2) is 7.29. The first-order chi connectivity index (χ1) is 11.9. The molecule has 0 aliphatic rings. The zero-order valence-corrected chi connectivity index (χ0v) is 15.2. The lowest BCUT2D eigenvalue weighted by molar-refractivity contribution is 0.102.